The molecule has 4 nitrogen and oxygen atoms in total. The normalized spacial score (nSPS) is 10.1. The van der Waals surface area contributed by atoms with E-state index in [1.54, 1.807) is 19.1 Å². The van der Waals surface area contributed by atoms with Crippen molar-refractivity contribution < 1.29 is 14.6 Å². The Morgan fingerprint density at radius 1 is 1.53 bits per heavy atom. The van der Waals surface area contributed by atoms with Gasteiger partial charge in [0.1, 0.15) is 5.75 Å². The van der Waals surface area contributed by atoms with E-state index in [0.717, 1.165) is 15.8 Å². The molecule has 0 saturated carbocycles. The molecule has 1 amide bonds. The Balaban J connectivity index is 2.79. The largest absolute Gasteiger partial charge is 0.496 e. The van der Waals surface area contributed by atoms with Gasteiger partial charge in [0.05, 0.1) is 13.7 Å². The zero-order valence-corrected chi connectivity index (χ0v) is 11.5. The molecule has 1 N–H and O–H groups in total. The standard InChI is InChI=1S/C12H16BrNO3/c1-14(12(16)5-6-15)8-9-7-10(13)3-4-11(9)17-2/h3-4,7,15H,5-6,8H2,1-2H3. The number of amides is 1. The highest BCUT2D eigenvalue weighted by Crippen LogP contribution is 2.24. The Kier molecular flexibility index (Phi) is 5.44. The lowest BCUT2D eigenvalue weighted by molar-refractivity contribution is -0.131. The third-order valence-corrected chi connectivity index (χ3v) is 2.89. The van der Waals surface area contributed by atoms with Crippen molar-refractivity contribution in [2.24, 2.45) is 0 Å². The van der Waals surface area contributed by atoms with Crippen molar-refractivity contribution in [3.05, 3.63) is 28.2 Å². The number of hydrogen-bond acceptors (Lipinski definition) is 3. The zero-order valence-electron chi connectivity index (χ0n) is 9.94. The van der Waals surface area contributed by atoms with Crippen molar-refractivity contribution in [2.75, 3.05) is 20.8 Å². The molecule has 0 aromatic heterocycles. The molecule has 0 saturated heterocycles. The summed E-state index contributed by atoms with van der Waals surface area (Å²) in [5.41, 5.74) is 0.927. The van der Waals surface area contributed by atoms with E-state index in [0.29, 0.717) is 6.54 Å². The predicted octanol–water partition coefficient (Wildman–Crippen LogP) is 1.80. The lowest BCUT2D eigenvalue weighted by atomic mass is 10.2. The van der Waals surface area contributed by atoms with Gasteiger partial charge < -0.3 is 14.7 Å². The zero-order chi connectivity index (χ0) is 12.8. The van der Waals surface area contributed by atoms with Gasteiger partial charge in [-0.1, -0.05) is 15.9 Å². The number of ether oxygens (including phenoxy) is 1. The first kappa shape index (κ1) is 14.0. The Morgan fingerprint density at radius 2 is 2.24 bits per heavy atom. The fraction of sp³-hybridized carbons (Fsp3) is 0.417. The van der Waals surface area contributed by atoms with Gasteiger partial charge in [-0.3, -0.25) is 4.79 Å². The van der Waals surface area contributed by atoms with Crippen LogP contribution in [-0.4, -0.2) is 36.7 Å². The van der Waals surface area contributed by atoms with Crippen LogP contribution in [0.1, 0.15) is 12.0 Å². The van der Waals surface area contributed by atoms with Crippen LogP contribution < -0.4 is 4.74 Å². The monoisotopic (exact) mass is 301 g/mol. The Hall–Kier alpha value is -1.07. The maximum atomic E-state index is 11.5. The van der Waals surface area contributed by atoms with Gasteiger partial charge in [0.25, 0.3) is 0 Å². The van der Waals surface area contributed by atoms with Crippen molar-refractivity contribution in [2.45, 2.75) is 13.0 Å². The lowest BCUT2D eigenvalue weighted by Gasteiger charge is -2.18. The molecule has 0 aliphatic rings. The van der Waals surface area contributed by atoms with E-state index in [2.05, 4.69) is 15.9 Å². The Morgan fingerprint density at radius 3 is 2.82 bits per heavy atom. The third kappa shape index (κ3) is 4.02. The molecule has 0 radical (unpaired) electrons. The second-order valence-electron chi connectivity index (χ2n) is 3.68. The Labute approximate surface area is 109 Å². The molecule has 0 fully saturated rings. The second kappa shape index (κ2) is 6.61. The summed E-state index contributed by atoms with van der Waals surface area (Å²) in [5.74, 6) is 0.659. The number of halogens is 1. The summed E-state index contributed by atoms with van der Waals surface area (Å²) in [5, 5.41) is 8.72. The fourth-order valence-corrected chi connectivity index (χ4v) is 1.91. The lowest BCUT2D eigenvalue weighted by Crippen LogP contribution is -2.26. The maximum absolute atomic E-state index is 11.5. The molecule has 1 rings (SSSR count). The molecule has 5 heteroatoms. The summed E-state index contributed by atoms with van der Waals surface area (Å²) in [6.07, 6.45) is 0.146. The van der Waals surface area contributed by atoms with Crippen molar-refractivity contribution in [3.63, 3.8) is 0 Å². The van der Waals surface area contributed by atoms with E-state index in [9.17, 15) is 4.79 Å². The van der Waals surface area contributed by atoms with Crippen LogP contribution in [-0.2, 0) is 11.3 Å². The van der Waals surface area contributed by atoms with Crippen molar-refractivity contribution in [3.8, 4) is 5.75 Å². The number of nitrogens with zero attached hydrogens (tertiary/aromatic N) is 1. The number of aliphatic hydroxyl groups is 1. The highest BCUT2D eigenvalue weighted by molar-refractivity contribution is 9.10. The molecule has 0 aliphatic carbocycles. The molecule has 1 aromatic rings. The van der Waals surface area contributed by atoms with Crippen LogP contribution in [0, 0.1) is 0 Å². The minimum atomic E-state index is -0.126. The average molecular weight is 302 g/mol. The van der Waals surface area contributed by atoms with Crippen LogP contribution in [0.2, 0.25) is 0 Å². The van der Waals surface area contributed by atoms with Crippen LogP contribution in [0.15, 0.2) is 22.7 Å². The number of methoxy groups -OCH3 is 1. The average Bonchev–Trinajstić information content (AvgIpc) is 2.29. The molecule has 0 bridgehead atoms. The SMILES string of the molecule is COc1ccc(Br)cc1CN(C)C(=O)CCO. The summed E-state index contributed by atoms with van der Waals surface area (Å²) in [7, 11) is 3.31. The number of rotatable bonds is 5. The molecule has 0 atom stereocenters. The van der Waals surface area contributed by atoms with Crippen LogP contribution >= 0.6 is 15.9 Å². The number of carbonyl (C=O) groups is 1. The third-order valence-electron chi connectivity index (χ3n) is 2.40. The Bertz CT molecular complexity index is 395. The molecule has 0 heterocycles. The number of benzene rings is 1. The van der Waals surface area contributed by atoms with E-state index in [4.69, 9.17) is 9.84 Å². The van der Waals surface area contributed by atoms with Gasteiger partial charge in [0.15, 0.2) is 0 Å². The topological polar surface area (TPSA) is 49.8 Å². The highest BCUT2D eigenvalue weighted by atomic mass is 79.9. The smallest absolute Gasteiger partial charge is 0.224 e. The molecule has 0 unspecified atom stereocenters. The molecule has 0 spiro atoms. The van der Waals surface area contributed by atoms with E-state index in [-0.39, 0.29) is 18.9 Å². The summed E-state index contributed by atoms with van der Waals surface area (Å²) in [6.45, 7) is 0.334. The molecule has 1 aromatic carbocycles. The molecule has 17 heavy (non-hydrogen) atoms. The second-order valence-corrected chi connectivity index (χ2v) is 4.60. The summed E-state index contributed by atoms with van der Waals surface area (Å²) in [6, 6.07) is 5.66. The molecule has 94 valence electrons. The molecular formula is C12H16BrNO3. The van der Waals surface area contributed by atoms with Gasteiger partial charge in [-0.2, -0.15) is 0 Å². The van der Waals surface area contributed by atoms with E-state index < -0.39 is 0 Å². The minimum absolute atomic E-state index is 0.0884. The van der Waals surface area contributed by atoms with Gasteiger partial charge in [0.2, 0.25) is 5.91 Å². The minimum Gasteiger partial charge on any atom is -0.496 e. The van der Waals surface area contributed by atoms with Crippen molar-refractivity contribution in [1.82, 2.24) is 4.90 Å². The summed E-state index contributed by atoms with van der Waals surface area (Å²) in [4.78, 5) is 13.1. The van der Waals surface area contributed by atoms with Gasteiger partial charge in [0, 0.05) is 30.0 Å². The first-order valence-corrected chi connectivity index (χ1v) is 6.05. The first-order chi connectivity index (χ1) is 8.08. The fourth-order valence-electron chi connectivity index (χ4n) is 1.50. The van der Waals surface area contributed by atoms with E-state index in [1.807, 2.05) is 18.2 Å². The van der Waals surface area contributed by atoms with Crippen LogP contribution in [0.25, 0.3) is 0 Å². The predicted molar refractivity (Wildman–Crippen MR) is 68.9 cm³/mol. The molecule has 0 aliphatic heterocycles. The van der Waals surface area contributed by atoms with Crippen molar-refractivity contribution in [1.29, 1.82) is 0 Å². The van der Waals surface area contributed by atoms with Gasteiger partial charge >= 0.3 is 0 Å². The number of hydrogen-bond donors (Lipinski definition) is 1. The highest BCUT2D eigenvalue weighted by Gasteiger charge is 2.11. The van der Waals surface area contributed by atoms with Crippen LogP contribution in [0.4, 0.5) is 0 Å². The van der Waals surface area contributed by atoms with Crippen LogP contribution in [0.3, 0.4) is 0 Å². The van der Waals surface area contributed by atoms with E-state index >= 15 is 0 Å². The van der Waals surface area contributed by atoms with Crippen LogP contribution in [0.5, 0.6) is 5.75 Å². The van der Waals surface area contributed by atoms with Gasteiger partial charge in [-0.25, -0.2) is 0 Å². The van der Waals surface area contributed by atoms with Crippen molar-refractivity contribution >= 4 is 21.8 Å². The van der Waals surface area contributed by atoms with Gasteiger partial charge in [-0.15, -0.1) is 0 Å². The number of aliphatic hydroxyl groups excluding tert-OH is 1. The van der Waals surface area contributed by atoms with E-state index in [1.165, 1.54) is 0 Å². The summed E-state index contributed by atoms with van der Waals surface area (Å²) < 4.78 is 6.17. The maximum Gasteiger partial charge on any atom is 0.224 e. The quantitative estimate of drug-likeness (QED) is 0.902. The number of carbonyl (C=O) groups excluding carboxylic acids is 1. The van der Waals surface area contributed by atoms with Gasteiger partial charge in [-0.05, 0) is 18.2 Å². The molecular weight excluding hydrogens is 286 g/mol. The first-order valence-electron chi connectivity index (χ1n) is 5.25. The summed E-state index contributed by atoms with van der Waals surface area (Å²) >= 11 is 3.38.